The van der Waals surface area contributed by atoms with Crippen LogP contribution in [0.3, 0.4) is 0 Å². The van der Waals surface area contributed by atoms with Crippen molar-refractivity contribution in [1.82, 2.24) is 0 Å². The van der Waals surface area contributed by atoms with Gasteiger partial charge in [0.25, 0.3) is 0 Å². The predicted molar refractivity (Wildman–Crippen MR) is 124 cm³/mol. The van der Waals surface area contributed by atoms with Crippen LogP contribution in [-0.2, 0) is 14.3 Å². The topological polar surface area (TPSA) is 105 Å². The normalized spacial score (nSPS) is 10.7. The molecule has 0 saturated heterocycles. The summed E-state index contributed by atoms with van der Waals surface area (Å²) in [5.74, 6) is -0.599. The van der Waals surface area contributed by atoms with Crippen LogP contribution in [0, 0.1) is 5.41 Å². The second kappa shape index (κ2) is 12.3. The third-order valence-electron chi connectivity index (χ3n) is 4.47. The van der Waals surface area contributed by atoms with E-state index in [9.17, 15) is 19.2 Å². The average molecular weight is 469 g/mol. The fraction of sp³-hybridized carbons (Fsp3) is 0.308. The van der Waals surface area contributed by atoms with Crippen LogP contribution in [-0.4, -0.2) is 37.1 Å². The van der Waals surface area contributed by atoms with E-state index in [1.807, 2.05) is 20.8 Å². The minimum absolute atomic E-state index is 0.00600. The number of benzene rings is 2. The maximum absolute atomic E-state index is 12.4. The highest BCUT2D eigenvalue weighted by Crippen LogP contribution is 2.23. The van der Waals surface area contributed by atoms with E-state index in [2.05, 4.69) is 6.58 Å². The highest BCUT2D eigenvalue weighted by molar-refractivity contribution is 6.00. The molecule has 34 heavy (non-hydrogen) atoms. The van der Waals surface area contributed by atoms with Gasteiger partial charge >= 0.3 is 18.1 Å². The molecular formula is C26H28O8. The Morgan fingerprint density at radius 2 is 1.26 bits per heavy atom. The van der Waals surface area contributed by atoms with Gasteiger partial charge in [0.05, 0.1) is 18.8 Å². The van der Waals surface area contributed by atoms with Gasteiger partial charge in [-0.25, -0.2) is 14.4 Å². The van der Waals surface area contributed by atoms with Gasteiger partial charge in [-0.3, -0.25) is 4.79 Å². The Morgan fingerprint density at radius 3 is 1.79 bits per heavy atom. The molecule has 0 radical (unpaired) electrons. The first-order chi connectivity index (χ1) is 16.1. The average Bonchev–Trinajstić information content (AvgIpc) is 2.81. The smallest absolute Gasteiger partial charge is 0.463 e. The Morgan fingerprint density at radius 1 is 0.765 bits per heavy atom. The quantitative estimate of drug-likeness (QED) is 0.118. The number of rotatable bonds is 10. The molecule has 0 atom stereocenters. The fourth-order valence-electron chi connectivity index (χ4n) is 2.65. The maximum Gasteiger partial charge on any atom is 0.513 e. The van der Waals surface area contributed by atoms with Gasteiger partial charge in [-0.2, -0.15) is 0 Å². The molecule has 8 heteroatoms. The number of Topliss-reactive ketones (excluding diaryl/α,β-unsaturated/α-hetero) is 1. The summed E-state index contributed by atoms with van der Waals surface area (Å²) in [5, 5.41) is 0. The lowest BCUT2D eigenvalue weighted by Crippen LogP contribution is -2.20. The van der Waals surface area contributed by atoms with E-state index in [0.29, 0.717) is 24.2 Å². The van der Waals surface area contributed by atoms with Gasteiger partial charge in [0.2, 0.25) is 0 Å². The number of ether oxygens (including phenoxy) is 4. The lowest BCUT2D eigenvalue weighted by Gasteiger charge is -2.16. The predicted octanol–water partition coefficient (Wildman–Crippen LogP) is 5.16. The maximum atomic E-state index is 12.4. The van der Waals surface area contributed by atoms with Crippen LogP contribution >= 0.6 is 0 Å². The molecule has 2 aromatic carbocycles. The van der Waals surface area contributed by atoms with Gasteiger partial charge in [-0.05, 0) is 61.4 Å². The van der Waals surface area contributed by atoms with Crippen LogP contribution in [0.2, 0.25) is 0 Å². The Labute approximate surface area is 198 Å². The zero-order valence-electron chi connectivity index (χ0n) is 19.5. The van der Waals surface area contributed by atoms with E-state index >= 15 is 0 Å². The van der Waals surface area contributed by atoms with Crippen molar-refractivity contribution in [2.24, 2.45) is 5.41 Å². The summed E-state index contributed by atoms with van der Waals surface area (Å²) in [6.07, 6.45) is 1.21. The first-order valence-electron chi connectivity index (χ1n) is 10.7. The minimum atomic E-state index is -0.886. The van der Waals surface area contributed by atoms with Gasteiger partial charge < -0.3 is 18.9 Å². The van der Waals surface area contributed by atoms with E-state index in [-0.39, 0.29) is 30.3 Å². The van der Waals surface area contributed by atoms with Crippen molar-refractivity contribution in [2.75, 3.05) is 13.2 Å². The summed E-state index contributed by atoms with van der Waals surface area (Å²) in [6, 6.07) is 12.2. The third-order valence-corrected chi connectivity index (χ3v) is 4.47. The molecule has 0 amide bonds. The molecule has 0 saturated carbocycles. The van der Waals surface area contributed by atoms with Crippen molar-refractivity contribution in [3.63, 3.8) is 0 Å². The van der Waals surface area contributed by atoms with E-state index in [0.717, 1.165) is 6.08 Å². The number of carbonyl (C=O) groups is 4. The Hall–Kier alpha value is -3.94. The summed E-state index contributed by atoms with van der Waals surface area (Å²) < 4.78 is 20.1. The van der Waals surface area contributed by atoms with Crippen LogP contribution in [0.25, 0.3) is 0 Å². The molecule has 0 N–H and O–H groups in total. The van der Waals surface area contributed by atoms with Crippen molar-refractivity contribution in [3.8, 4) is 11.5 Å². The highest BCUT2D eigenvalue weighted by Gasteiger charge is 2.22. The van der Waals surface area contributed by atoms with Crippen molar-refractivity contribution in [2.45, 2.75) is 33.6 Å². The molecule has 180 valence electrons. The molecule has 0 aromatic heterocycles. The van der Waals surface area contributed by atoms with Crippen LogP contribution in [0.1, 0.15) is 54.3 Å². The first kappa shape index (κ1) is 26.3. The molecule has 0 aliphatic carbocycles. The lowest BCUT2D eigenvalue weighted by atomic mass is 9.86. The Balaban J connectivity index is 1.78. The summed E-state index contributed by atoms with van der Waals surface area (Å²) in [4.78, 5) is 47.3. The van der Waals surface area contributed by atoms with Crippen molar-refractivity contribution in [1.29, 1.82) is 0 Å². The molecule has 0 heterocycles. The minimum Gasteiger partial charge on any atom is -0.463 e. The molecule has 0 unspecified atom stereocenters. The monoisotopic (exact) mass is 468 g/mol. The first-order valence-corrected chi connectivity index (χ1v) is 10.7. The van der Waals surface area contributed by atoms with Gasteiger partial charge in [0.1, 0.15) is 11.5 Å². The SMILES string of the molecule is C=CC(=O)OCCCCOC(=O)Oc1ccc(C(=O)Oc2ccc(C(=O)C(C)(C)C)cc2)cc1. The van der Waals surface area contributed by atoms with Crippen molar-refractivity contribution >= 4 is 23.9 Å². The second-order valence-electron chi connectivity index (χ2n) is 8.30. The zero-order chi connectivity index (χ0) is 25.1. The van der Waals surface area contributed by atoms with E-state index in [4.69, 9.17) is 18.9 Å². The zero-order valence-corrected chi connectivity index (χ0v) is 19.5. The highest BCUT2D eigenvalue weighted by atomic mass is 16.7. The third kappa shape index (κ3) is 8.54. The van der Waals surface area contributed by atoms with Crippen LogP contribution in [0.4, 0.5) is 4.79 Å². The summed E-state index contributed by atoms with van der Waals surface area (Å²) in [7, 11) is 0. The number of hydrogen-bond acceptors (Lipinski definition) is 8. The lowest BCUT2D eigenvalue weighted by molar-refractivity contribution is -0.137. The Bertz CT molecular complexity index is 1010. The summed E-state index contributed by atoms with van der Waals surface area (Å²) >= 11 is 0. The standard InChI is InChI=1S/C26H28O8/c1-5-22(27)31-16-6-7-17-32-25(30)34-21-14-10-19(11-15-21)24(29)33-20-12-8-18(9-13-20)23(28)26(2,3)4/h5,8-15H,1,6-7,16-17H2,2-4H3. The molecule has 0 aliphatic rings. The summed E-state index contributed by atoms with van der Waals surface area (Å²) in [5.41, 5.74) is 0.289. The molecule has 0 aliphatic heterocycles. The second-order valence-corrected chi connectivity index (χ2v) is 8.30. The van der Waals surface area contributed by atoms with E-state index in [1.165, 1.54) is 24.3 Å². The van der Waals surface area contributed by atoms with Crippen LogP contribution in [0.5, 0.6) is 11.5 Å². The number of ketones is 1. The number of unbranched alkanes of at least 4 members (excludes halogenated alkanes) is 1. The molecule has 2 aromatic rings. The van der Waals surface area contributed by atoms with Gasteiger partial charge in [-0.1, -0.05) is 27.4 Å². The van der Waals surface area contributed by atoms with Crippen molar-refractivity contribution < 1.29 is 38.1 Å². The van der Waals surface area contributed by atoms with E-state index < -0.39 is 23.5 Å². The van der Waals surface area contributed by atoms with Crippen LogP contribution < -0.4 is 9.47 Å². The summed E-state index contributed by atoms with van der Waals surface area (Å²) in [6.45, 7) is 9.11. The van der Waals surface area contributed by atoms with Crippen molar-refractivity contribution in [3.05, 3.63) is 72.3 Å². The molecular weight excluding hydrogens is 440 g/mol. The van der Waals surface area contributed by atoms with Crippen LogP contribution in [0.15, 0.2) is 61.2 Å². The molecule has 0 bridgehead atoms. The van der Waals surface area contributed by atoms with Gasteiger partial charge in [-0.15, -0.1) is 0 Å². The van der Waals surface area contributed by atoms with Gasteiger partial charge in [0, 0.05) is 17.1 Å². The number of hydrogen-bond donors (Lipinski definition) is 0. The molecule has 2 rings (SSSR count). The molecule has 8 nitrogen and oxygen atoms in total. The van der Waals surface area contributed by atoms with Gasteiger partial charge in [0.15, 0.2) is 5.78 Å². The fourth-order valence-corrected chi connectivity index (χ4v) is 2.65. The molecule has 0 fully saturated rings. The number of esters is 2. The number of carbonyl (C=O) groups excluding carboxylic acids is 4. The Kier molecular flexibility index (Phi) is 9.55. The molecule has 0 spiro atoms. The van der Waals surface area contributed by atoms with E-state index in [1.54, 1.807) is 24.3 Å². The largest absolute Gasteiger partial charge is 0.513 e.